The van der Waals surface area contributed by atoms with Crippen LogP contribution in [-0.2, 0) is 6.42 Å². The average Bonchev–Trinajstić information content (AvgIpc) is 2.64. The van der Waals surface area contributed by atoms with Crippen molar-refractivity contribution < 1.29 is 18.7 Å². The molecule has 0 fully saturated rings. The van der Waals surface area contributed by atoms with E-state index in [0.717, 1.165) is 10.6 Å². The van der Waals surface area contributed by atoms with Gasteiger partial charge in [0.05, 0.1) is 23.8 Å². The summed E-state index contributed by atoms with van der Waals surface area (Å²) < 4.78 is 19.6. The second-order valence-electron chi connectivity index (χ2n) is 7.12. The molecule has 0 aromatic heterocycles. The molecule has 0 heterocycles. The standard InChI is InChI=1S/C21H25FN2O3/c1-6-14-11-12-15(17(22)13-14)20(26)24(21(2,3)4)23-19(25)16-9-7-8-10-18(16)27-5/h7-13H,6H2,1-5H3,(H,23,25). The van der Waals surface area contributed by atoms with Gasteiger partial charge < -0.3 is 4.74 Å². The molecule has 1 N–H and O–H groups in total. The third-order valence-electron chi connectivity index (χ3n) is 4.11. The molecule has 0 saturated carbocycles. The Balaban J connectivity index is 2.36. The Morgan fingerprint density at radius 3 is 2.33 bits per heavy atom. The molecule has 0 saturated heterocycles. The van der Waals surface area contributed by atoms with Crippen LogP contribution in [0, 0.1) is 5.82 Å². The molecule has 0 aliphatic carbocycles. The summed E-state index contributed by atoms with van der Waals surface area (Å²) in [6.07, 6.45) is 0.666. The van der Waals surface area contributed by atoms with E-state index < -0.39 is 23.2 Å². The predicted molar refractivity (Wildman–Crippen MR) is 102 cm³/mol. The van der Waals surface area contributed by atoms with Gasteiger partial charge in [-0.25, -0.2) is 9.40 Å². The first-order valence-corrected chi connectivity index (χ1v) is 8.76. The lowest BCUT2D eigenvalue weighted by atomic mass is 10.0. The number of benzene rings is 2. The van der Waals surface area contributed by atoms with Gasteiger partial charge in [0.25, 0.3) is 11.8 Å². The highest BCUT2D eigenvalue weighted by Gasteiger charge is 2.31. The fourth-order valence-electron chi connectivity index (χ4n) is 2.59. The van der Waals surface area contributed by atoms with Crippen LogP contribution in [0.4, 0.5) is 4.39 Å². The number of carbonyl (C=O) groups excluding carboxylic acids is 2. The summed E-state index contributed by atoms with van der Waals surface area (Å²) in [7, 11) is 1.46. The summed E-state index contributed by atoms with van der Waals surface area (Å²) >= 11 is 0. The summed E-state index contributed by atoms with van der Waals surface area (Å²) in [5.74, 6) is -1.36. The Labute approximate surface area is 159 Å². The molecule has 2 amide bonds. The van der Waals surface area contributed by atoms with Crippen molar-refractivity contribution in [1.29, 1.82) is 0 Å². The Morgan fingerprint density at radius 1 is 1.11 bits per heavy atom. The minimum Gasteiger partial charge on any atom is -0.496 e. The third kappa shape index (κ3) is 4.64. The summed E-state index contributed by atoms with van der Waals surface area (Å²) in [5.41, 5.74) is 2.81. The van der Waals surface area contributed by atoms with Crippen molar-refractivity contribution in [3.63, 3.8) is 0 Å². The predicted octanol–water partition coefficient (Wildman–Crippen LogP) is 3.98. The van der Waals surface area contributed by atoms with Crippen molar-refractivity contribution in [2.24, 2.45) is 0 Å². The van der Waals surface area contributed by atoms with Crippen LogP contribution in [0.5, 0.6) is 5.75 Å². The summed E-state index contributed by atoms with van der Waals surface area (Å²) in [6, 6.07) is 11.2. The van der Waals surface area contributed by atoms with Crippen LogP contribution >= 0.6 is 0 Å². The number of rotatable bonds is 4. The van der Waals surface area contributed by atoms with E-state index in [-0.39, 0.29) is 11.1 Å². The fourth-order valence-corrected chi connectivity index (χ4v) is 2.59. The molecule has 5 nitrogen and oxygen atoms in total. The van der Waals surface area contributed by atoms with Gasteiger partial charge in [0.1, 0.15) is 11.6 Å². The smallest absolute Gasteiger partial charge is 0.275 e. The molecule has 0 aliphatic heterocycles. The Hall–Kier alpha value is -2.89. The highest BCUT2D eigenvalue weighted by molar-refractivity contribution is 6.00. The number of ether oxygens (including phenoxy) is 1. The largest absolute Gasteiger partial charge is 0.496 e. The Morgan fingerprint density at radius 2 is 1.78 bits per heavy atom. The molecule has 2 aromatic rings. The lowest BCUT2D eigenvalue weighted by Crippen LogP contribution is -2.56. The highest BCUT2D eigenvalue weighted by Crippen LogP contribution is 2.21. The summed E-state index contributed by atoms with van der Waals surface area (Å²) in [4.78, 5) is 25.7. The van der Waals surface area contributed by atoms with Gasteiger partial charge in [-0.2, -0.15) is 0 Å². The lowest BCUT2D eigenvalue weighted by Gasteiger charge is -2.35. The number of carbonyl (C=O) groups is 2. The fraction of sp³-hybridized carbons (Fsp3) is 0.333. The van der Waals surface area contributed by atoms with E-state index in [2.05, 4.69) is 5.43 Å². The van der Waals surface area contributed by atoms with Crippen LogP contribution in [0.1, 0.15) is 54.0 Å². The molecule has 0 spiro atoms. The summed E-state index contributed by atoms with van der Waals surface area (Å²) in [5, 5.41) is 1.14. The van der Waals surface area contributed by atoms with Gasteiger partial charge >= 0.3 is 0 Å². The van der Waals surface area contributed by atoms with E-state index in [1.54, 1.807) is 51.1 Å². The normalized spacial score (nSPS) is 11.0. The first kappa shape index (κ1) is 20.4. The molecule has 0 atom stereocenters. The van der Waals surface area contributed by atoms with E-state index in [1.165, 1.54) is 19.2 Å². The zero-order valence-electron chi connectivity index (χ0n) is 16.3. The Kier molecular flexibility index (Phi) is 6.20. The van der Waals surface area contributed by atoms with Gasteiger partial charge in [0.2, 0.25) is 0 Å². The number of nitrogens with one attached hydrogen (secondary N) is 1. The van der Waals surface area contributed by atoms with Crippen LogP contribution in [-0.4, -0.2) is 29.5 Å². The molecule has 0 radical (unpaired) electrons. The van der Waals surface area contributed by atoms with Crippen molar-refractivity contribution in [3.05, 3.63) is 65.0 Å². The van der Waals surface area contributed by atoms with E-state index in [4.69, 9.17) is 4.74 Å². The molecule has 144 valence electrons. The van der Waals surface area contributed by atoms with Gasteiger partial charge in [0, 0.05) is 0 Å². The van der Waals surface area contributed by atoms with Crippen LogP contribution < -0.4 is 10.2 Å². The zero-order chi connectivity index (χ0) is 20.2. The number of hydrogen-bond donors (Lipinski definition) is 1. The highest BCUT2D eigenvalue weighted by atomic mass is 19.1. The van der Waals surface area contributed by atoms with Crippen molar-refractivity contribution in [1.82, 2.24) is 10.4 Å². The van der Waals surface area contributed by atoms with Gasteiger partial charge in [-0.1, -0.05) is 25.1 Å². The van der Waals surface area contributed by atoms with Crippen LogP contribution in [0.2, 0.25) is 0 Å². The molecule has 0 aliphatic rings. The molecule has 0 bridgehead atoms. The molecular weight excluding hydrogens is 347 g/mol. The third-order valence-corrected chi connectivity index (χ3v) is 4.11. The van der Waals surface area contributed by atoms with E-state index in [9.17, 15) is 14.0 Å². The number of methoxy groups -OCH3 is 1. The second kappa shape index (κ2) is 8.20. The van der Waals surface area contributed by atoms with Gasteiger partial charge in [-0.3, -0.25) is 15.0 Å². The van der Waals surface area contributed by atoms with E-state index >= 15 is 0 Å². The number of aryl methyl sites for hydroxylation is 1. The molecule has 0 unspecified atom stereocenters. The van der Waals surface area contributed by atoms with Gasteiger partial charge in [-0.15, -0.1) is 0 Å². The topological polar surface area (TPSA) is 58.6 Å². The lowest BCUT2D eigenvalue weighted by molar-refractivity contribution is 0.0353. The maximum Gasteiger partial charge on any atom is 0.275 e. The molecule has 6 heteroatoms. The van der Waals surface area contributed by atoms with Crippen molar-refractivity contribution in [2.75, 3.05) is 7.11 Å². The minimum atomic E-state index is -0.773. The molecule has 2 aromatic carbocycles. The van der Waals surface area contributed by atoms with E-state index in [1.807, 2.05) is 6.92 Å². The summed E-state index contributed by atoms with van der Waals surface area (Å²) in [6.45, 7) is 7.17. The Bertz CT molecular complexity index is 844. The molecule has 2 rings (SSSR count). The first-order valence-electron chi connectivity index (χ1n) is 8.76. The van der Waals surface area contributed by atoms with Crippen molar-refractivity contribution in [2.45, 2.75) is 39.7 Å². The number of hydrogen-bond acceptors (Lipinski definition) is 3. The maximum atomic E-state index is 14.4. The maximum absolute atomic E-state index is 14.4. The SMILES string of the molecule is CCc1ccc(C(=O)N(NC(=O)c2ccccc2OC)C(C)(C)C)c(F)c1. The quantitative estimate of drug-likeness (QED) is 0.826. The number of para-hydroxylation sites is 1. The van der Waals surface area contributed by atoms with E-state index in [0.29, 0.717) is 12.2 Å². The molecular formula is C21H25FN2O3. The monoisotopic (exact) mass is 372 g/mol. The number of amides is 2. The first-order chi connectivity index (χ1) is 12.7. The minimum absolute atomic E-state index is 0.0950. The van der Waals surface area contributed by atoms with Gasteiger partial charge in [0.15, 0.2) is 0 Å². The number of nitrogens with zero attached hydrogens (tertiary/aromatic N) is 1. The van der Waals surface area contributed by atoms with Crippen LogP contribution in [0.25, 0.3) is 0 Å². The van der Waals surface area contributed by atoms with Crippen molar-refractivity contribution in [3.8, 4) is 5.75 Å². The second-order valence-corrected chi connectivity index (χ2v) is 7.12. The number of hydrazine groups is 1. The molecule has 27 heavy (non-hydrogen) atoms. The van der Waals surface area contributed by atoms with Crippen molar-refractivity contribution >= 4 is 11.8 Å². The van der Waals surface area contributed by atoms with Gasteiger partial charge in [-0.05, 0) is 57.0 Å². The van der Waals surface area contributed by atoms with Crippen LogP contribution in [0.3, 0.4) is 0 Å². The number of halogens is 1. The average molecular weight is 372 g/mol. The van der Waals surface area contributed by atoms with Crippen LogP contribution in [0.15, 0.2) is 42.5 Å². The zero-order valence-corrected chi connectivity index (χ0v) is 16.3.